The number of rotatable bonds is 7. The van der Waals surface area contributed by atoms with Crippen molar-refractivity contribution in [2.24, 2.45) is 7.05 Å². The molecule has 2 N–H and O–H groups in total. The maximum absolute atomic E-state index is 13.3. The fourth-order valence-corrected chi connectivity index (χ4v) is 7.66. The number of aryl methyl sites for hydroxylation is 1. The number of carbonyl (C=O) groups excluding carboxylic acids is 4. The van der Waals surface area contributed by atoms with Gasteiger partial charge in [-0.05, 0) is 62.1 Å². The van der Waals surface area contributed by atoms with E-state index in [0.29, 0.717) is 22.6 Å². The molecule has 49 heavy (non-hydrogen) atoms. The lowest BCUT2D eigenvalue weighted by atomic mass is 9.87. The zero-order valence-corrected chi connectivity index (χ0v) is 28.1. The average Bonchev–Trinajstić information content (AvgIpc) is 3.34. The van der Waals surface area contributed by atoms with E-state index in [9.17, 15) is 24.0 Å². The van der Waals surface area contributed by atoms with Gasteiger partial charge in [-0.15, -0.1) is 0 Å². The molecular weight excluding hydrogens is 624 g/mol. The van der Waals surface area contributed by atoms with Crippen molar-refractivity contribution in [1.29, 1.82) is 0 Å². The number of likely N-dealkylation sites (tertiary alicyclic amines) is 1. The first-order chi connectivity index (χ1) is 23.5. The van der Waals surface area contributed by atoms with Crippen LogP contribution in [0.25, 0.3) is 0 Å². The molecule has 3 aromatic rings. The molecule has 3 saturated heterocycles. The number of imide groups is 2. The second-order valence-electron chi connectivity index (χ2n) is 13.8. The fraction of sp³-hybridized carbons (Fsp3) is 0.444. The van der Waals surface area contributed by atoms with Crippen LogP contribution in [0.2, 0.25) is 0 Å². The van der Waals surface area contributed by atoms with Gasteiger partial charge in [0.1, 0.15) is 6.04 Å². The van der Waals surface area contributed by atoms with Gasteiger partial charge in [0.2, 0.25) is 11.8 Å². The highest BCUT2D eigenvalue weighted by Gasteiger charge is 2.44. The van der Waals surface area contributed by atoms with Crippen molar-refractivity contribution >= 4 is 35.0 Å². The molecule has 0 saturated carbocycles. The summed E-state index contributed by atoms with van der Waals surface area (Å²) in [6.07, 6.45) is 2.94. The zero-order valence-electron chi connectivity index (χ0n) is 28.1. The number of hydrogen-bond acceptors (Lipinski definition) is 10. The van der Waals surface area contributed by atoms with E-state index in [1.165, 1.54) is 15.8 Å². The average molecular weight is 667 g/mol. The Labute approximate surface area is 284 Å². The molecule has 7 rings (SSSR count). The largest absolute Gasteiger partial charge is 0.379 e. The molecule has 13 heteroatoms. The third-order valence-electron chi connectivity index (χ3n) is 10.4. The highest BCUT2D eigenvalue weighted by molar-refractivity contribution is 6.23. The minimum atomic E-state index is -0.969. The number of fused-ring (bicyclic) bond motifs is 1. The molecule has 13 nitrogen and oxygen atoms in total. The Hall–Kier alpha value is -4.88. The molecule has 5 heterocycles. The minimum Gasteiger partial charge on any atom is -0.379 e. The number of benzene rings is 2. The number of likely N-dealkylation sites (N-methyl/N-ethyl adjacent to an activating group) is 1. The van der Waals surface area contributed by atoms with E-state index in [1.807, 2.05) is 13.0 Å². The quantitative estimate of drug-likeness (QED) is 0.359. The summed E-state index contributed by atoms with van der Waals surface area (Å²) in [4.78, 5) is 70.7. The summed E-state index contributed by atoms with van der Waals surface area (Å²) in [5.74, 6) is -1.59. The van der Waals surface area contributed by atoms with Crippen LogP contribution < -0.4 is 21.1 Å². The van der Waals surface area contributed by atoms with Crippen LogP contribution in [0.3, 0.4) is 0 Å². The third-order valence-corrected chi connectivity index (χ3v) is 10.4. The van der Waals surface area contributed by atoms with E-state index in [-0.39, 0.29) is 30.3 Å². The lowest BCUT2D eigenvalue weighted by Gasteiger charge is -2.37. The van der Waals surface area contributed by atoms with E-state index in [1.54, 1.807) is 25.4 Å². The van der Waals surface area contributed by atoms with Crippen LogP contribution in [0.5, 0.6) is 0 Å². The van der Waals surface area contributed by atoms with Gasteiger partial charge in [0.05, 0.1) is 23.0 Å². The predicted octanol–water partition coefficient (Wildman–Crippen LogP) is 1.71. The number of piperazine rings is 1. The molecule has 1 unspecified atom stereocenters. The van der Waals surface area contributed by atoms with Crippen molar-refractivity contribution in [2.45, 2.75) is 50.7 Å². The Morgan fingerprint density at radius 3 is 2.37 bits per heavy atom. The van der Waals surface area contributed by atoms with Crippen LogP contribution in [0.1, 0.15) is 62.6 Å². The molecule has 0 radical (unpaired) electrons. The molecular formula is C36H42N8O5. The Morgan fingerprint density at radius 1 is 0.898 bits per heavy atom. The first-order valence-electron chi connectivity index (χ1n) is 17.0. The first kappa shape index (κ1) is 32.7. The van der Waals surface area contributed by atoms with Crippen LogP contribution >= 0.6 is 0 Å². The summed E-state index contributed by atoms with van der Waals surface area (Å²) in [7, 11) is 3.81. The molecule has 4 aliphatic rings. The summed E-state index contributed by atoms with van der Waals surface area (Å²) in [5, 5.41) is 10.0. The smallest absolute Gasteiger partial charge is 0.271 e. The summed E-state index contributed by atoms with van der Waals surface area (Å²) < 4.78 is 1.36. The Morgan fingerprint density at radius 2 is 1.63 bits per heavy atom. The van der Waals surface area contributed by atoms with E-state index < -0.39 is 23.8 Å². The van der Waals surface area contributed by atoms with Gasteiger partial charge in [-0.3, -0.25) is 39.1 Å². The summed E-state index contributed by atoms with van der Waals surface area (Å²) in [6, 6.07) is 13.5. The highest BCUT2D eigenvalue weighted by Crippen LogP contribution is 2.32. The van der Waals surface area contributed by atoms with Gasteiger partial charge in [-0.2, -0.15) is 5.10 Å². The summed E-state index contributed by atoms with van der Waals surface area (Å²) in [6.45, 7) is 7.82. The standard InChI is InChI=1S/C36H42N8O5/c1-22-30(18-37-41(3)34(22)47)38-26-16-25(20-40(2)21-26)24-6-4-23(5-7-24)19-42-12-14-43(15-13-42)27-8-9-28-29(17-27)36(49)44(35(28)48)31-10-11-32(45)39-33(31)46/h4-9,17-18,25-26,31,38H,10-16,19-21H2,1-3H3,(H,39,45,46)/t25-,26+,31?/m1/s1. The van der Waals surface area contributed by atoms with E-state index in [2.05, 4.69) is 61.7 Å². The van der Waals surface area contributed by atoms with Gasteiger partial charge >= 0.3 is 0 Å². The Kier molecular flexibility index (Phi) is 8.80. The van der Waals surface area contributed by atoms with Gasteiger partial charge in [0.15, 0.2) is 0 Å². The number of anilines is 2. The topological polar surface area (TPSA) is 140 Å². The second kappa shape index (κ2) is 13.2. The molecule has 1 aromatic heterocycles. The van der Waals surface area contributed by atoms with E-state index in [0.717, 1.165) is 68.5 Å². The SMILES string of the molecule is Cc1c(N[C@H]2C[C@@H](c3ccc(CN4CCN(c5ccc6c(c5)C(=O)N(C5CCC(=O)NC5=O)C6=O)CC4)cc3)CN(C)C2)cnn(C)c1=O. The normalized spacial score (nSPS) is 23.5. The summed E-state index contributed by atoms with van der Waals surface area (Å²) >= 11 is 0. The molecule has 0 spiro atoms. The maximum atomic E-state index is 13.3. The molecule has 3 atom stereocenters. The minimum absolute atomic E-state index is 0.0831. The van der Waals surface area contributed by atoms with Crippen molar-refractivity contribution < 1.29 is 19.2 Å². The second-order valence-corrected chi connectivity index (χ2v) is 13.8. The first-order valence-corrected chi connectivity index (χ1v) is 17.0. The van der Waals surface area contributed by atoms with Crippen molar-refractivity contribution in [3.8, 4) is 0 Å². The van der Waals surface area contributed by atoms with Gasteiger partial charge < -0.3 is 15.1 Å². The Balaban J connectivity index is 0.936. The van der Waals surface area contributed by atoms with Crippen molar-refractivity contribution in [2.75, 3.05) is 56.5 Å². The van der Waals surface area contributed by atoms with E-state index in [4.69, 9.17) is 0 Å². The molecule has 0 bridgehead atoms. The number of hydrogen-bond donors (Lipinski definition) is 2. The highest BCUT2D eigenvalue weighted by atomic mass is 16.2. The number of amides is 4. The Bertz CT molecular complexity index is 1870. The monoisotopic (exact) mass is 666 g/mol. The predicted molar refractivity (Wildman–Crippen MR) is 184 cm³/mol. The molecule has 4 aliphatic heterocycles. The van der Waals surface area contributed by atoms with Gasteiger partial charge in [-0.1, -0.05) is 24.3 Å². The van der Waals surface area contributed by atoms with E-state index >= 15 is 0 Å². The van der Waals surface area contributed by atoms with Crippen LogP contribution in [0.4, 0.5) is 11.4 Å². The molecule has 256 valence electrons. The molecule has 4 amide bonds. The number of nitrogens with zero attached hydrogens (tertiary/aromatic N) is 6. The van der Waals surface area contributed by atoms with Crippen molar-refractivity contribution in [1.82, 2.24) is 29.8 Å². The van der Waals surface area contributed by atoms with Crippen molar-refractivity contribution in [3.05, 3.63) is 86.8 Å². The molecule has 2 aromatic carbocycles. The van der Waals surface area contributed by atoms with Crippen LogP contribution in [-0.4, -0.2) is 107 Å². The third kappa shape index (κ3) is 6.47. The molecule has 0 aliphatic carbocycles. The van der Waals surface area contributed by atoms with Crippen LogP contribution in [-0.2, 0) is 23.2 Å². The van der Waals surface area contributed by atoms with Crippen LogP contribution in [0.15, 0.2) is 53.5 Å². The van der Waals surface area contributed by atoms with Crippen molar-refractivity contribution in [3.63, 3.8) is 0 Å². The fourth-order valence-electron chi connectivity index (χ4n) is 7.66. The maximum Gasteiger partial charge on any atom is 0.271 e. The lowest BCUT2D eigenvalue weighted by molar-refractivity contribution is -0.136. The zero-order chi connectivity index (χ0) is 34.4. The number of piperidine rings is 2. The number of nitrogens with one attached hydrogen (secondary N) is 2. The number of aromatic nitrogens is 2. The summed E-state index contributed by atoms with van der Waals surface area (Å²) in [5.41, 5.74) is 5.44. The lowest BCUT2D eigenvalue weighted by Crippen LogP contribution is -2.54. The van der Waals surface area contributed by atoms with Gasteiger partial charge in [0, 0.05) is 76.6 Å². The molecule has 3 fully saturated rings. The van der Waals surface area contributed by atoms with Gasteiger partial charge in [-0.25, -0.2) is 4.68 Å². The van der Waals surface area contributed by atoms with Gasteiger partial charge in [0.25, 0.3) is 17.4 Å². The number of carbonyl (C=O) groups is 4. The van der Waals surface area contributed by atoms with Crippen LogP contribution in [0, 0.1) is 6.92 Å².